The summed E-state index contributed by atoms with van der Waals surface area (Å²) in [4.78, 5) is 0. The van der Waals surface area contributed by atoms with Crippen molar-refractivity contribution >= 4 is 22.6 Å². The van der Waals surface area contributed by atoms with Gasteiger partial charge in [0.1, 0.15) is 5.72 Å². The van der Waals surface area contributed by atoms with Crippen LogP contribution in [0.2, 0.25) is 0 Å². The molecule has 0 aromatic heterocycles. The summed E-state index contributed by atoms with van der Waals surface area (Å²) in [5.74, 6) is 0. The summed E-state index contributed by atoms with van der Waals surface area (Å²) < 4.78 is 9.50. The van der Waals surface area contributed by atoms with Gasteiger partial charge >= 0.3 is 0 Å². The van der Waals surface area contributed by atoms with Crippen LogP contribution < -0.4 is 0 Å². The first-order valence-corrected chi connectivity index (χ1v) is 7.46. The highest BCUT2D eigenvalue weighted by atomic mass is 33.1. The third kappa shape index (κ3) is 2.47. The molecule has 5 heteroatoms. The fourth-order valence-corrected chi connectivity index (χ4v) is 3.73. The second-order valence-corrected chi connectivity index (χ2v) is 6.31. The largest absolute Gasteiger partial charge is 0.359 e. The average Bonchev–Trinajstić information content (AvgIpc) is 2.24. The van der Waals surface area contributed by atoms with Crippen LogP contribution in [0, 0.1) is 0 Å². The molecule has 15 heavy (non-hydrogen) atoms. The van der Waals surface area contributed by atoms with Crippen LogP contribution in [-0.2, 0) is 4.74 Å². The van der Waals surface area contributed by atoms with Crippen molar-refractivity contribution in [3.05, 3.63) is 0 Å². The van der Waals surface area contributed by atoms with Crippen LogP contribution in [0.4, 0.5) is 0 Å². The average molecular weight is 249 g/mol. The van der Waals surface area contributed by atoms with Gasteiger partial charge in [-0.3, -0.25) is 0 Å². The maximum atomic E-state index is 6.05. The van der Waals surface area contributed by atoms with E-state index >= 15 is 0 Å². The molecule has 0 radical (unpaired) electrons. The monoisotopic (exact) mass is 249 g/mol. The van der Waals surface area contributed by atoms with E-state index in [-0.39, 0.29) is 5.72 Å². The van der Waals surface area contributed by atoms with E-state index in [4.69, 9.17) is 4.74 Å². The number of likely N-dealkylation sites (tertiary alicyclic amines) is 1. The number of quaternary nitrogens is 1. The molecule has 2 rings (SSSR count). The summed E-state index contributed by atoms with van der Waals surface area (Å²) in [5.41, 5.74) is -0.0154. The zero-order valence-corrected chi connectivity index (χ0v) is 11.3. The van der Waals surface area contributed by atoms with Gasteiger partial charge in [-0.1, -0.05) is 11.7 Å². The Morgan fingerprint density at radius 2 is 2.00 bits per heavy atom. The quantitative estimate of drug-likeness (QED) is 0.329. The van der Waals surface area contributed by atoms with Gasteiger partial charge in [-0.25, -0.2) is 4.31 Å². The Morgan fingerprint density at radius 1 is 1.33 bits per heavy atom. The number of ether oxygens (including phenoxy) is 1. The highest BCUT2D eigenvalue weighted by Crippen LogP contribution is 2.39. The SMILES string of the molecule is C[N+]1(C)CCC2(CC1)OCCCN2SS. The molecule has 0 aliphatic carbocycles. The Balaban J connectivity index is 2.05. The maximum Gasteiger partial charge on any atom is 0.141 e. The highest BCUT2D eigenvalue weighted by Gasteiger charge is 2.46. The van der Waals surface area contributed by atoms with Gasteiger partial charge in [-0.2, -0.15) is 0 Å². The fraction of sp³-hybridized carbons (Fsp3) is 1.00. The Labute approximate surface area is 102 Å². The van der Waals surface area contributed by atoms with E-state index in [1.807, 2.05) is 0 Å². The Bertz CT molecular complexity index is 225. The maximum absolute atomic E-state index is 6.05. The molecule has 0 unspecified atom stereocenters. The van der Waals surface area contributed by atoms with Crippen LogP contribution in [0.1, 0.15) is 19.3 Å². The minimum absolute atomic E-state index is 0.0154. The van der Waals surface area contributed by atoms with E-state index in [1.54, 1.807) is 11.0 Å². The number of rotatable bonds is 1. The van der Waals surface area contributed by atoms with E-state index in [1.165, 1.54) is 13.1 Å². The summed E-state index contributed by atoms with van der Waals surface area (Å²) in [6.45, 7) is 4.43. The molecule has 0 amide bonds. The first-order valence-electron chi connectivity index (χ1n) is 5.63. The van der Waals surface area contributed by atoms with E-state index in [9.17, 15) is 0 Å². The lowest BCUT2D eigenvalue weighted by Crippen LogP contribution is -2.60. The van der Waals surface area contributed by atoms with Crippen LogP contribution in [0.5, 0.6) is 0 Å². The molecule has 2 saturated heterocycles. The molecule has 2 aliphatic heterocycles. The summed E-state index contributed by atoms with van der Waals surface area (Å²) in [6.07, 6.45) is 3.40. The number of hydrogen-bond donors (Lipinski definition) is 1. The van der Waals surface area contributed by atoms with Crippen LogP contribution >= 0.6 is 22.6 Å². The number of piperidine rings is 1. The zero-order chi connectivity index (χ0) is 10.9. The third-order valence-electron chi connectivity index (χ3n) is 3.64. The molecule has 0 aromatic rings. The first-order chi connectivity index (χ1) is 7.08. The summed E-state index contributed by atoms with van der Waals surface area (Å²) in [5, 5.41) is 0. The lowest BCUT2D eigenvalue weighted by atomic mass is 9.97. The van der Waals surface area contributed by atoms with Crippen molar-refractivity contribution in [1.82, 2.24) is 4.31 Å². The summed E-state index contributed by atoms with van der Waals surface area (Å²) >= 11 is 4.35. The first kappa shape index (κ1) is 12.0. The molecule has 2 fully saturated rings. The Morgan fingerprint density at radius 3 is 2.60 bits per heavy atom. The molecule has 3 nitrogen and oxygen atoms in total. The molecule has 0 atom stereocenters. The van der Waals surface area contributed by atoms with Gasteiger partial charge in [-0.05, 0) is 17.4 Å². The van der Waals surface area contributed by atoms with Gasteiger partial charge in [-0.15, -0.1) is 0 Å². The Kier molecular flexibility index (Phi) is 3.57. The summed E-state index contributed by atoms with van der Waals surface area (Å²) in [7, 11) is 6.15. The molecule has 2 aliphatic rings. The topological polar surface area (TPSA) is 12.5 Å². The van der Waals surface area contributed by atoms with Crippen molar-refractivity contribution in [1.29, 1.82) is 0 Å². The van der Waals surface area contributed by atoms with Gasteiger partial charge in [0.25, 0.3) is 0 Å². The second kappa shape index (κ2) is 4.45. The van der Waals surface area contributed by atoms with Crippen molar-refractivity contribution in [2.75, 3.05) is 40.3 Å². The second-order valence-electron chi connectivity index (χ2n) is 5.21. The highest BCUT2D eigenvalue weighted by molar-refractivity contribution is 8.67. The lowest BCUT2D eigenvalue weighted by Gasteiger charge is -2.50. The zero-order valence-electron chi connectivity index (χ0n) is 9.61. The van der Waals surface area contributed by atoms with E-state index < -0.39 is 0 Å². The predicted octanol–water partition coefficient (Wildman–Crippen LogP) is 1.77. The van der Waals surface area contributed by atoms with Gasteiger partial charge in [0, 0.05) is 19.4 Å². The van der Waals surface area contributed by atoms with Crippen LogP contribution in [0.25, 0.3) is 0 Å². The van der Waals surface area contributed by atoms with Crippen LogP contribution in [0.15, 0.2) is 0 Å². The van der Waals surface area contributed by atoms with Gasteiger partial charge in [0.2, 0.25) is 0 Å². The molecule has 1 spiro atoms. The normalized spacial score (nSPS) is 30.6. The van der Waals surface area contributed by atoms with Crippen molar-refractivity contribution in [3.63, 3.8) is 0 Å². The smallest absolute Gasteiger partial charge is 0.141 e. The molecule has 0 aromatic carbocycles. The fourth-order valence-electron chi connectivity index (χ4n) is 2.45. The minimum atomic E-state index is -0.0154. The van der Waals surface area contributed by atoms with Crippen molar-refractivity contribution < 1.29 is 9.22 Å². The van der Waals surface area contributed by atoms with E-state index in [0.717, 1.165) is 36.9 Å². The molecule has 0 N–H and O–H groups in total. The number of thiol groups is 1. The van der Waals surface area contributed by atoms with Crippen LogP contribution in [0.3, 0.4) is 0 Å². The predicted molar refractivity (Wildman–Crippen MR) is 67.7 cm³/mol. The summed E-state index contributed by atoms with van der Waals surface area (Å²) in [6, 6.07) is 0. The molecular weight excluding hydrogens is 228 g/mol. The van der Waals surface area contributed by atoms with Crippen molar-refractivity contribution in [3.8, 4) is 0 Å². The van der Waals surface area contributed by atoms with Crippen molar-refractivity contribution in [2.24, 2.45) is 0 Å². The standard InChI is InChI=1S/C10H20N2OS2/c1-12(2)7-4-10(5-8-12)11(15-14)6-3-9-13-10/h3-9H2,1-2H3/p+1. The minimum Gasteiger partial charge on any atom is -0.359 e. The number of hydrogen-bond acceptors (Lipinski definition) is 4. The number of nitrogens with zero attached hydrogens (tertiary/aromatic N) is 2. The molecule has 0 saturated carbocycles. The molecule has 88 valence electrons. The van der Waals surface area contributed by atoms with E-state index in [0.29, 0.717) is 0 Å². The van der Waals surface area contributed by atoms with Gasteiger partial charge in [0.05, 0.1) is 33.8 Å². The van der Waals surface area contributed by atoms with E-state index in [2.05, 4.69) is 30.1 Å². The Hall–Kier alpha value is 0.580. The third-order valence-corrected chi connectivity index (χ3v) is 4.95. The molecule has 0 bridgehead atoms. The molecular formula is C10H21N2OS2+. The van der Waals surface area contributed by atoms with Gasteiger partial charge in [0.15, 0.2) is 0 Å². The lowest BCUT2D eigenvalue weighted by molar-refractivity contribution is -0.898. The van der Waals surface area contributed by atoms with Crippen molar-refractivity contribution in [2.45, 2.75) is 25.0 Å². The van der Waals surface area contributed by atoms with Gasteiger partial charge < -0.3 is 9.22 Å². The molecule has 2 heterocycles. The van der Waals surface area contributed by atoms with Crippen LogP contribution in [-0.4, -0.2) is 54.8 Å².